The van der Waals surface area contributed by atoms with Crippen LogP contribution in [0.15, 0.2) is 24.5 Å². The van der Waals surface area contributed by atoms with Crippen molar-refractivity contribution in [2.75, 3.05) is 11.5 Å². The Morgan fingerprint density at radius 1 is 1.17 bits per heavy atom. The van der Waals surface area contributed by atoms with Crippen LogP contribution in [0.4, 0.5) is 10.6 Å². The molecule has 0 aliphatic carbocycles. The minimum atomic E-state index is -1.26. The molecule has 6 rings (SSSR count). The smallest absolute Gasteiger partial charge is 0.407 e. The topological polar surface area (TPSA) is 123 Å². The van der Waals surface area contributed by atoms with Crippen molar-refractivity contribution in [2.45, 2.75) is 109 Å². The Bertz CT molecular complexity index is 1840. The van der Waals surface area contributed by atoms with Gasteiger partial charge in [0.1, 0.15) is 23.7 Å². The first-order valence-corrected chi connectivity index (χ1v) is 20.5. The molecule has 2 fully saturated rings. The van der Waals surface area contributed by atoms with E-state index in [1.807, 2.05) is 56.9 Å². The van der Waals surface area contributed by atoms with Gasteiger partial charge in [0.15, 0.2) is 5.65 Å². The van der Waals surface area contributed by atoms with Gasteiger partial charge in [0.25, 0.3) is 0 Å². The van der Waals surface area contributed by atoms with Gasteiger partial charge in [-0.05, 0) is 58.6 Å². The maximum atomic E-state index is 12.5. The summed E-state index contributed by atoms with van der Waals surface area (Å²) < 4.78 is 15.5. The number of piperidine rings is 1. The molecule has 0 spiro atoms. The number of carbonyl (C=O) groups excluding carboxylic acids is 1. The highest BCUT2D eigenvalue weighted by Crippen LogP contribution is 2.42. The summed E-state index contributed by atoms with van der Waals surface area (Å²) in [6, 6.07) is 7.77. The quantitative estimate of drug-likeness (QED) is 0.148. The number of nitrogens with one attached hydrogen (secondary N) is 1. The maximum absolute atomic E-state index is 12.5. The Kier molecular flexibility index (Phi) is 9.02. The van der Waals surface area contributed by atoms with Gasteiger partial charge in [0.05, 0.1) is 34.9 Å². The van der Waals surface area contributed by atoms with Crippen LogP contribution in [0.1, 0.15) is 52.1 Å². The molecule has 1 amide bonds. The van der Waals surface area contributed by atoms with E-state index >= 15 is 0 Å². The van der Waals surface area contributed by atoms with Gasteiger partial charge in [0, 0.05) is 62.6 Å². The standard InChI is InChI=1S/C34H45ClN8O3Si/c1-34(2,3)46-33(44)38-21-16-22-8-9-23(17-21)43(22)28-18-37-31-25(19-42(32(31)39-28)20-45-14-15-47(5,6)7)24-10-11-26-29(30(24)35)27(12-13-36)41(4)40-26/h10-11,18-19,21-23H,8-9,12,14-17,20H2,1-7H3,(H,38,44). The first-order chi connectivity index (χ1) is 22.2. The van der Waals surface area contributed by atoms with E-state index in [4.69, 9.17) is 31.0 Å². The number of anilines is 1. The van der Waals surface area contributed by atoms with Crippen LogP contribution < -0.4 is 10.2 Å². The number of halogens is 1. The summed E-state index contributed by atoms with van der Waals surface area (Å²) >= 11 is 7.11. The van der Waals surface area contributed by atoms with Crippen molar-refractivity contribution in [2.24, 2.45) is 7.05 Å². The fourth-order valence-electron chi connectivity index (χ4n) is 6.94. The minimum absolute atomic E-state index is 0.0565. The number of alkyl carbamates (subject to hydrolysis) is 1. The summed E-state index contributed by atoms with van der Waals surface area (Å²) in [6.45, 7) is 13.7. The van der Waals surface area contributed by atoms with E-state index in [1.165, 1.54) is 0 Å². The zero-order chi connectivity index (χ0) is 33.7. The molecule has 2 saturated heterocycles. The third-order valence-electron chi connectivity index (χ3n) is 9.09. The molecule has 0 saturated carbocycles. The number of nitriles is 1. The number of rotatable bonds is 9. The van der Waals surface area contributed by atoms with Crippen LogP contribution in [0.25, 0.3) is 33.2 Å². The van der Waals surface area contributed by atoms with E-state index in [0.717, 1.165) is 76.4 Å². The van der Waals surface area contributed by atoms with Crippen molar-refractivity contribution in [1.29, 1.82) is 5.26 Å². The Morgan fingerprint density at radius 2 is 1.89 bits per heavy atom. The van der Waals surface area contributed by atoms with Gasteiger partial charge < -0.3 is 24.3 Å². The van der Waals surface area contributed by atoms with Crippen LogP contribution in [0, 0.1) is 11.3 Å². The highest BCUT2D eigenvalue weighted by Gasteiger charge is 2.42. The minimum Gasteiger partial charge on any atom is -0.444 e. The van der Waals surface area contributed by atoms with Crippen LogP contribution in [0.5, 0.6) is 0 Å². The number of carbonyl (C=O) groups is 1. The van der Waals surface area contributed by atoms with Crippen LogP contribution in [-0.4, -0.2) is 68.8 Å². The lowest BCUT2D eigenvalue weighted by molar-refractivity contribution is 0.0492. The molecule has 2 atom stereocenters. The molecular weight excluding hydrogens is 632 g/mol. The summed E-state index contributed by atoms with van der Waals surface area (Å²) in [5.41, 5.74) is 4.14. The van der Waals surface area contributed by atoms with Crippen molar-refractivity contribution in [3.63, 3.8) is 0 Å². The second-order valence-corrected chi connectivity index (χ2v) is 21.1. The number of aromatic nitrogens is 5. The first-order valence-electron chi connectivity index (χ1n) is 16.5. The summed E-state index contributed by atoms with van der Waals surface area (Å²) in [5.74, 6) is 0.832. The van der Waals surface area contributed by atoms with E-state index in [9.17, 15) is 10.1 Å². The molecule has 2 aliphatic rings. The van der Waals surface area contributed by atoms with Crippen LogP contribution >= 0.6 is 11.6 Å². The van der Waals surface area contributed by atoms with Crippen molar-refractivity contribution in [1.82, 2.24) is 29.6 Å². The lowest BCUT2D eigenvalue weighted by Gasteiger charge is -2.39. The molecule has 2 bridgehead atoms. The van der Waals surface area contributed by atoms with Gasteiger partial charge in [0.2, 0.25) is 0 Å². The van der Waals surface area contributed by atoms with Gasteiger partial charge in [-0.1, -0.05) is 37.3 Å². The van der Waals surface area contributed by atoms with E-state index < -0.39 is 13.7 Å². The average molecular weight is 677 g/mol. The van der Waals surface area contributed by atoms with Crippen LogP contribution in [0.2, 0.25) is 30.7 Å². The largest absolute Gasteiger partial charge is 0.444 e. The van der Waals surface area contributed by atoms with Crippen LogP contribution in [0.3, 0.4) is 0 Å². The summed E-state index contributed by atoms with van der Waals surface area (Å²) in [5, 5.41) is 18.5. The zero-order valence-corrected chi connectivity index (χ0v) is 30.2. The molecule has 13 heteroatoms. The molecule has 5 heterocycles. The molecule has 1 N–H and O–H groups in total. The molecule has 4 aromatic rings. The molecule has 11 nitrogen and oxygen atoms in total. The Morgan fingerprint density at radius 3 is 2.55 bits per heavy atom. The Hall–Kier alpha value is -3.66. The highest BCUT2D eigenvalue weighted by atomic mass is 35.5. The van der Waals surface area contributed by atoms with E-state index in [1.54, 1.807) is 4.68 Å². The van der Waals surface area contributed by atoms with Gasteiger partial charge in [-0.3, -0.25) is 4.68 Å². The first kappa shape index (κ1) is 33.2. The zero-order valence-electron chi connectivity index (χ0n) is 28.4. The molecule has 47 heavy (non-hydrogen) atoms. The predicted octanol–water partition coefficient (Wildman–Crippen LogP) is 7.04. The van der Waals surface area contributed by atoms with Gasteiger partial charge >= 0.3 is 6.09 Å². The molecule has 2 aliphatic heterocycles. The molecule has 2 unspecified atom stereocenters. The number of hydrogen-bond acceptors (Lipinski definition) is 8. The lowest BCUT2D eigenvalue weighted by Crippen LogP contribution is -2.51. The number of hydrogen-bond donors (Lipinski definition) is 1. The highest BCUT2D eigenvalue weighted by molar-refractivity contribution is 6.76. The predicted molar refractivity (Wildman–Crippen MR) is 187 cm³/mol. The van der Waals surface area contributed by atoms with Crippen LogP contribution in [-0.2, 0) is 29.7 Å². The monoisotopic (exact) mass is 676 g/mol. The number of fused-ring (bicyclic) bond motifs is 4. The van der Waals surface area contributed by atoms with Crippen molar-refractivity contribution < 1.29 is 14.3 Å². The van der Waals surface area contributed by atoms with Crippen molar-refractivity contribution in [3.05, 3.63) is 35.2 Å². The number of aryl methyl sites for hydroxylation is 1. The van der Waals surface area contributed by atoms with E-state index in [-0.39, 0.29) is 30.6 Å². The molecule has 250 valence electrons. The average Bonchev–Trinajstić information content (AvgIpc) is 3.58. The molecule has 0 radical (unpaired) electrons. The van der Waals surface area contributed by atoms with Gasteiger partial charge in [-0.25, -0.2) is 14.8 Å². The summed E-state index contributed by atoms with van der Waals surface area (Å²) in [4.78, 5) is 25.2. The molecule has 1 aromatic carbocycles. The number of ether oxygens (including phenoxy) is 2. The summed E-state index contributed by atoms with van der Waals surface area (Å²) in [6.07, 6.45) is 7.47. The normalized spacial score (nSPS) is 19.8. The third-order valence-corrected chi connectivity index (χ3v) is 11.2. The van der Waals surface area contributed by atoms with E-state index in [2.05, 4.69) is 41.0 Å². The van der Waals surface area contributed by atoms with Crippen molar-refractivity contribution >= 4 is 53.7 Å². The number of nitrogens with zero attached hydrogens (tertiary/aromatic N) is 7. The fourth-order valence-corrected chi connectivity index (χ4v) is 8.06. The Labute approximate surface area is 282 Å². The second kappa shape index (κ2) is 12.7. The van der Waals surface area contributed by atoms with Gasteiger partial charge in [-0.2, -0.15) is 10.4 Å². The van der Waals surface area contributed by atoms with Crippen molar-refractivity contribution in [3.8, 4) is 17.2 Å². The van der Waals surface area contributed by atoms with E-state index in [0.29, 0.717) is 18.4 Å². The summed E-state index contributed by atoms with van der Waals surface area (Å²) in [7, 11) is 0.576. The molecule has 3 aromatic heterocycles. The fraction of sp³-hybridized carbons (Fsp3) is 0.559. The SMILES string of the molecule is Cn1nc2ccc(-c3cn(COCC[Si](C)(C)C)c4nc(N5C6CCC5CC(NC(=O)OC(C)(C)C)C6)cnc34)c(Cl)c2c1CC#N. The number of amides is 1. The van der Waals surface area contributed by atoms with Gasteiger partial charge in [-0.15, -0.1) is 0 Å². The Balaban J connectivity index is 1.34. The lowest BCUT2D eigenvalue weighted by atomic mass is 9.97. The molecular formula is C34H45ClN8O3Si. The third kappa shape index (κ3) is 6.98. The second-order valence-electron chi connectivity index (χ2n) is 15.1. The maximum Gasteiger partial charge on any atom is 0.407 e. The number of benzene rings is 1.